The van der Waals surface area contributed by atoms with Gasteiger partial charge >= 0.3 is 5.97 Å². The first kappa shape index (κ1) is 12.2. The third kappa shape index (κ3) is 1.92. The Morgan fingerprint density at radius 1 is 1.26 bits per heavy atom. The maximum atomic E-state index is 12.4. The number of amides is 1. The Balaban J connectivity index is 1.83. The van der Waals surface area contributed by atoms with E-state index in [2.05, 4.69) is 0 Å². The van der Waals surface area contributed by atoms with E-state index >= 15 is 0 Å². The van der Waals surface area contributed by atoms with Gasteiger partial charge in [0, 0.05) is 6.54 Å². The number of ether oxygens (including phenoxy) is 1. The molecule has 1 amide bonds. The van der Waals surface area contributed by atoms with Gasteiger partial charge in [0.05, 0.1) is 18.8 Å². The number of carbonyl (C=O) groups is 2. The van der Waals surface area contributed by atoms with Gasteiger partial charge in [0.25, 0.3) is 5.91 Å². The average Bonchev–Trinajstić information content (AvgIpc) is 2.85. The molecule has 6 nitrogen and oxygen atoms in total. The largest absolute Gasteiger partial charge is 0.475 e. The molecule has 1 aliphatic carbocycles. The van der Waals surface area contributed by atoms with Crippen LogP contribution in [0.25, 0.3) is 0 Å². The van der Waals surface area contributed by atoms with Crippen LogP contribution in [-0.4, -0.2) is 47.2 Å². The molecule has 0 aromatic carbocycles. The summed E-state index contributed by atoms with van der Waals surface area (Å²) in [5, 5.41) is 8.81. The van der Waals surface area contributed by atoms with Gasteiger partial charge in [0.1, 0.15) is 0 Å². The molecule has 0 radical (unpaired) electrons. The minimum Gasteiger partial charge on any atom is -0.475 e. The first-order valence-electron chi connectivity index (χ1n) is 6.35. The van der Waals surface area contributed by atoms with Crippen LogP contribution in [0.4, 0.5) is 0 Å². The Labute approximate surface area is 109 Å². The van der Waals surface area contributed by atoms with Gasteiger partial charge < -0.3 is 19.2 Å². The molecular weight excluding hydrogens is 250 g/mol. The van der Waals surface area contributed by atoms with Crippen molar-refractivity contribution in [1.29, 1.82) is 0 Å². The van der Waals surface area contributed by atoms with E-state index < -0.39 is 5.97 Å². The van der Waals surface area contributed by atoms with Gasteiger partial charge in [0.15, 0.2) is 5.76 Å². The Kier molecular flexibility index (Phi) is 2.82. The highest BCUT2D eigenvalue weighted by atomic mass is 16.5. The first-order chi connectivity index (χ1) is 9.12. The van der Waals surface area contributed by atoms with E-state index in [-0.39, 0.29) is 23.0 Å². The average molecular weight is 265 g/mol. The number of nitrogens with zero attached hydrogens (tertiary/aromatic N) is 1. The molecule has 0 unspecified atom stereocenters. The lowest BCUT2D eigenvalue weighted by Crippen LogP contribution is -2.62. The molecule has 1 saturated carbocycles. The number of rotatable bonds is 2. The lowest BCUT2D eigenvalue weighted by Gasteiger charge is -2.52. The number of morpholine rings is 1. The van der Waals surface area contributed by atoms with Gasteiger partial charge in [-0.05, 0) is 31.4 Å². The molecular formula is C13H15NO5. The Morgan fingerprint density at radius 3 is 2.58 bits per heavy atom. The first-order valence-corrected chi connectivity index (χ1v) is 6.35. The van der Waals surface area contributed by atoms with Crippen molar-refractivity contribution < 1.29 is 23.8 Å². The van der Waals surface area contributed by atoms with Gasteiger partial charge in [-0.2, -0.15) is 0 Å². The molecule has 1 aromatic rings. The van der Waals surface area contributed by atoms with Crippen LogP contribution in [0.5, 0.6) is 0 Å². The summed E-state index contributed by atoms with van der Waals surface area (Å²) in [5.41, 5.74) is -0.203. The van der Waals surface area contributed by atoms with E-state index in [4.69, 9.17) is 14.3 Å². The topological polar surface area (TPSA) is 80.0 Å². The molecule has 1 aromatic heterocycles. The van der Waals surface area contributed by atoms with Crippen molar-refractivity contribution in [2.24, 2.45) is 0 Å². The van der Waals surface area contributed by atoms with Crippen molar-refractivity contribution >= 4 is 11.9 Å². The van der Waals surface area contributed by atoms with E-state index in [1.807, 2.05) is 0 Å². The van der Waals surface area contributed by atoms with Crippen LogP contribution in [0, 0.1) is 0 Å². The van der Waals surface area contributed by atoms with Crippen LogP contribution in [0.15, 0.2) is 16.5 Å². The maximum Gasteiger partial charge on any atom is 0.371 e. The highest BCUT2D eigenvalue weighted by Crippen LogP contribution is 2.40. The number of hydrogen-bond acceptors (Lipinski definition) is 4. The van der Waals surface area contributed by atoms with Gasteiger partial charge in [-0.15, -0.1) is 0 Å². The zero-order chi connectivity index (χ0) is 13.5. The minimum atomic E-state index is -1.17. The summed E-state index contributed by atoms with van der Waals surface area (Å²) in [6.07, 6.45) is 2.96. The van der Waals surface area contributed by atoms with Crippen LogP contribution < -0.4 is 0 Å². The van der Waals surface area contributed by atoms with E-state index in [1.165, 1.54) is 12.1 Å². The normalized spacial score (nSPS) is 21.2. The lowest BCUT2D eigenvalue weighted by molar-refractivity contribution is -0.0886. The second-order valence-electron chi connectivity index (χ2n) is 5.06. The molecule has 1 aliphatic heterocycles. The lowest BCUT2D eigenvalue weighted by atomic mass is 9.75. The summed E-state index contributed by atoms with van der Waals surface area (Å²) in [7, 11) is 0. The molecule has 6 heteroatoms. The second kappa shape index (κ2) is 4.38. The van der Waals surface area contributed by atoms with Gasteiger partial charge in [-0.1, -0.05) is 0 Å². The molecule has 0 bridgehead atoms. The van der Waals surface area contributed by atoms with Crippen LogP contribution in [0.1, 0.15) is 40.4 Å². The molecule has 1 spiro atoms. The summed E-state index contributed by atoms with van der Waals surface area (Å²) in [6.45, 7) is 1.60. The predicted molar refractivity (Wildman–Crippen MR) is 64.1 cm³/mol. The van der Waals surface area contributed by atoms with Crippen molar-refractivity contribution in [3.8, 4) is 0 Å². The molecule has 2 heterocycles. The minimum absolute atomic E-state index is 0.0885. The third-order valence-corrected chi connectivity index (χ3v) is 3.96. The Hall–Kier alpha value is -1.82. The molecule has 2 fully saturated rings. The number of aromatic carboxylic acids is 1. The van der Waals surface area contributed by atoms with Crippen molar-refractivity contribution in [3.05, 3.63) is 23.7 Å². The molecule has 2 aliphatic rings. The number of hydrogen-bond donors (Lipinski definition) is 1. The zero-order valence-electron chi connectivity index (χ0n) is 10.4. The van der Waals surface area contributed by atoms with Crippen molar-refractivity contribution in [3.63, 3.8) is 0 Å². The van der Waals surface area contributed by atoms with Crippen molar-refractivity contribution in [1.82, 2.24) is 4.90 Å². The van der Waals surface area contributed by atoms with Crippen molar-refractivity contribution in [2.45, 2.75) is 24.8 Å². The van der Waals surface area contributed by atoms with Gasteiger partial charge in [-0.3, -0.25) is 4.79 Å². The predicted octanol–water partition coefficient (Wildman–Crippen LogP) is 1.37. The van der Waals surface area contributed by atoms with Crippen LogP contribution in [0.3, 0.4) is 0 Å². The van der Waals surface area contributed by atoms with Gasteiger partial charge in [-0.25, -0.2) is 4.79 Å². The smallest absolute Gasteiger partial charge is 0.371 e. The molecule has 102 valence electrons. The summed E-state index contributed by atoms with van der Waals surface area (Å²) >= 11 is 0. The number of furan rings is 1. The fourth-order valence-electron chi connectivity index (χ4n) is 2.75. The second-order valence-corrected chi connectivity index (χ2v) is 5.06. The van der Waals surface area contributed by atoms with Crippen molar-refractivity contribution in [2.75, 3.05) is 19.8 Å². The molecule has 1 saturated heterocycles. The summed E-state index contributed by atoms with van der Waals surface area (Å²) in [4.78, 5) is 25.0. The Morgan fingerprint density at radius 2 is 2.00 bits per heavy atom. The maximum absolute atomic E-state index is 12.4. The highest BCUT2D eigenvalue weighted by Gasteiger charge is 2.47. The number of carboxylic acid groups (broad SMARTS) is 1. The molecule has 19 heavy (non-hydrogen) atoms. The number of carboxylic acids is 1. The van der Waals surface area contributed by atoms with Crippen LogP contribution in [0.2, 0.25) is 0 Å². The Bertz CT molecular complexity index is 517. The fraction of sp³-hybridized carbons (Fsp3) is 0.538. The van der Waals surface area contributed by atoms with E-state index in [1.54, 1.807) is 4.90 Å². The van der Waals surface area contributed by atoms with Crippen LogP contribution in [-0.2, 0) is 4.74 Å². The molecule has 0 atom stereocenters. The molecule has 3 rings (SSSR count). The van der Waals surface area contributed by atoms with Crippen LogP contribution >= 0.6 is 0 Å². The monoisotopic (exact) mass is 265 g/mol. The third-order valence-electron chi connectivity index (χ3n) is 3.96. The number of carbonyl (C=O) groups excluding carboxylic acids is 1. The van der Waals surface area contributed by atoms with E-state index in [0.717, 1.165) is 19.3 Å². The standard InChI is InChI=1S/C13H15NO5/c15-11(9-2-3-10(19-9)12(16)17)14-6-7-18-8-13(14)4-1-5-13/h2-3H,1,4-8H2,(H,16,17). The van der Waals surface area contributed by atoms with E-state index in [0.29, 0.717) is 19.8 Å². The summed E-state index contributed by atoms with van der Waals surface area (Å²) in [6, 6.07) is 2.73. The quantitative estimate of drug-likeness (QED) is 0.873. The summed E-state index contributed by atoms with van der Waals surface area (Å²) < 4.78 is 10.6. The van der Waals surface area contributed by atoms with Gasteiger partial charge in [0.2, 0.25) is 5.76 Å². The SMILES string of the molecule is O=C(O)c1ccc(C(=O)N2CCOCC23CCC3)o1. The zero-order valence-corrected chi connectivity index (χ0v) is 10.4. The highest BCUT2D eigenvalue weighted by molar-refractivity contribution is 5.94. The summed E-state index contributed by atoms with van der Waals surface area (Å²) in [5.74, 6) is -1.53. The van der Waals surface area contributed by atoms with E-state index in [9.17, 15) is 9.59 Å². The fourth-order valence-corrected chi connectivity index (χ4v) is 2.75. The molecule has 1 N–H and O–H groups in total.